The van der Waals surface area contributed by atoms with Gasteiger partial charge in [-0.2, -0.15) is 0 Å². The summed E-state index contributed by atoms with van der Waals surface area (Å²) in [5.74, 6) is 1.53. The number of thiophene rings is 1. The fourth-order valence-electron chi connectivity index (χ4n) is 3.52. The van der Waals surface area contributed by atoms with Crippen LogP contribution in [0.4, 0.5) is 0 Å². The van der Waals surface area contributed by atoms with Crippen molar-refractivity contribution in [3.05, 3.63) is 88.3 Å². The van der Waals surface area contributed by atoms with Crippen molar-refractivity contribution in [2.24, 2.45) is 11.8 Å². The van der Waals surface area contributed by atoms with Crippen molar-refractivity contribution in [3.8, 4) is 0 Å². The molecule has 0 bridgehead atoms. The molecule has 1 saturated carbocycles. The molecular formula is C31H38O2S. The number of allylic oxidation sites excluding steroid dienone is 4. The Balaban J connectivity index is 0.000000179. The Bertz CT molecular complexity index is 1130. The molecule has 3 aromatic rings. The topological polar surface area (TPSA) is 34.1 Å². The molecule has 1 atom stereocenters. The highest BCUT2D eigenvalue weighted by molar-refractivity contribution is 7.19. The van der Waals surface area contributed by atoms with Gasteiger partial charge in [0.2, 0.25) is 0 Å². The number of rotatable bonds is 2. The predicted octanol–water partition coefficient (Wildman–Crippen LogP) is 8.68. The monoisotopic (exact) mass is 474 g/mol. The number of aldehydes is 1. The zero-order chi connectivity index (χ0) is 25.1. The second kappa shape index (κ2) is 13.8. The lowest BCUT2D eigenvalue weighted by atomic mass is 9.94. The van der Waals surface area contributed by atoms with Crippen molar-refractivity contribution >= 4 is 39.1 Å². The first kappa shape index (κ1) is 27.5. The van der Waals surface area contributed by atoms with Crippen LogP contribution in [0.25, 0.3) is 15.7 Å². The molecule has 0 radical (unpaired) electrons. The third-order valence-electron chi connectivity index (χ3n) is 5.91. The molecule has 34 heavy (non-hydrogen) atoms. The van der Waals surface area contributed by atoms with Gasteiger partial charge in [-0.15, -0.1) is 11.3 Å². The number of fused-ring (bicyclic) bond motifs is 1. The van der Waals surface area contributed by atoms with Gasteiger partial charge in [0.15, 0.2) is 0 Å². The molecule has 0 N–H and O–H groups in total. The normalized spacial score (nSPS) is 16.1. The molecule has 1 fully saturated rings. The molecule has 180 valence electrons. The summed E-state index contributed by atoms with van der Waals surface area (Å²) < 4.78 is 1.42. The number of carbonyl (C=O) groups excluding carboxylic acids is 2. The van der Waals surface area contributed by atoms with Crippen LogP contribution in [0.2, 0.25) is 0 Å². The molecule has 2 aliphatic carbocycles. The van der Waals surface area contributed by atoms with Crippen LogP contribution in [-0.2, 0) is 9.59 Å². The van der Waals surface area contributed by atoms with E-state index in [1.807, 2.05) is 11.3 Å². The lowest BCUT2D eigenvalue weighted by Crippen LogP contribution is -1.93. The van der Waals surface area contributed by atoms with E-state index in [1.54, 1.807) is 6.92 Å². The zero-order valence-electron chi connectivity index (χ0n) is 21.4. The summed E-state index contributed by atoms with van der Waals surface area (Å²) in [4.78, 5) is 20.5. The second-order valence-corrected chi connectivity index (χ2v) is 10.3. The minimum absolute atomic E-state index is 0.370. The van der Waals surface area contributed by atoms with Crippen LogP contribution in [0, 0.1) is 32.6 Å². The summed E-state index contributed by atoms with van der Waals surface area (Å²) in [5, 5.41) is 1.42. The van der Waals surface area contributed by atoms with Gasteiger partial charge in [-0.1, -0.05) is 67.6 Å². The zero-order valence-corrected chi connectivity index (χ0v) is 22.2. The summed E-state index contributed by atoms with van der Waals surface area (Å²) in [7, 11) is 0. The average molecular weight is 475 g/mol. The van der Waals surface area contributed by atoms with E-state index in [4.69, 9.17) is 4.79 Å². The number of Topliss-reactive ketones (excluding diaryl/α,β-unsaturated/α-hetero) is 1. The van der Waals surface area contributed by atoms with Gasteiger partial charge in [-0.3, -0.25) is 4.79 Å². The maximum Gasteiger partial charge on any atom is 0.132 e. The number of benzene rings is 2. The van der Waals surface area contributed by atoms with Gasteiger partial charge in [0.05, 0.1) is 0 Å². The highest BCUT2D eigenvalue weighted by atomic mass is 32.1. The number of ketones is 1. The van der Waals surface area contributed by atoms with Gasteiger partial charge >= 0.3 is 0 Å². The van der Waals surface area contributed by atoms with Crippen molar-refractivity contribution in [2.45, 2.75) is 60.8 Å². The Labute approximate surface area is 209 Å². The first-order valence-electron chi connectivity index (χ1n) is 12.1. The Morgan fingerprint density at radius 2 is 1.68 bits per heavy atom. The van der Waals surface area contributed by atoms with Crippen molar-refractivity contribution in [1.82, 2.24) is 0 Å². The van der Waals surface area contributed by atoms with Gasteiger partial charge < -0.3 is 4.79 Å². The summed E-state index contributed by atoms with van der Waals surface area (Å²) >= 11 is 1.89. The molecule has 1 unspecified atom stereocenters. The van der Waals surface area contributed by atoms with Crippen LogP contribution >= 0.6 is 11.3 Å². The predicted molar refractivity (Wildman–Crippen MR) is 149 cm³/mol. The molecule has 0 amide bonds. The lowest BCUT2D eigenvalue weighted by molar-refractivity contribution is -0.118. The third kappa shape index (κ3) is 8.87. The summed E-state index contributed by atoms with van der Waals surface area (Å²) in [5.41, 5.74) is 5.48. The highest BCUT2D eigenvalue weighted by Crippen LogP contribution is 2.30. The minimum atomic E-state index is 0.370. The molecule has 1 aromatic heterocycles. The van der Waals surface area contributed by atoms with E-state index in [0.717, 1.165) is 19.1 Å². The molecule has 0 spiro atoms. The van der Waals surface area contributed by atoms with Gasteiger partial charge in [0.1, 0.15) is 12.1 Å². The quantitative estimate of drug-likeness (QED) is 0.348. The molecule has 0 saturated heterocycles. The van der Waals surface area contributed by atoms with E-state index in [-0.39, 0.29) is 0 Å². The SMILES string of the molecule is CC(=O)C1CC1.CC1C=CC(c2ccccc2)=CC1.CC=O.Cc1ccc2c(C)c(C)sc2c1. The van der Waals surface area contributed by atoms with Crippen molar-refractivity contribution in [1.29, 1.82) is 0 Å². The molecule has 2 aromatic carbocycles. The van der Waals surface area contributed by atoms with E-state index in [0.29, 0.717) is 17.6 Å². The third-order valence-corrected chi connectivity index (χ3v) is 7.08. The van der Waals surface area contributed by atoms with Crippen LogP contribution in [0.15, 0.2) is 66.8 Å². The van der Waals surface area contributed by atoms with Crippen molar-refractivity contribution in [2.75, 3.05) is 0 Å². The van der Waals surface area contributed by atoms with Gasteiger partial charge in [-0.25, -0.2) is 0 Å². The largest absolute Gasteiger partial charge is 0.304 e. The van der Waals surface area contributed by atoms with E-state index < -0.39 is 0 Å². The Hall–Kier alpha value is -2.78. The van der Waals surface area contributed by atoms with E-state index in [2.05, 4.69) is 94.5 Å². The van der Waals surface area contributed by atoms with Crippen LogP contribution in [0.5, 0.6) is 0 Å². The highest BCUT2D eigenvalue weighted by Gasteiger charge is 2.25. The van der Waals surface area contributed by atoms with Crippen molar-refractivity contribution < 1.29 is 9.59 Å². The van der Waals surface area contributed by atoms with Gasteiger partial charge in [-0.05, 0) is 93.5 Å². The molecule has 0 aliphatic heterocycles. The van der Waals surface area contributed by atoms with E-state index in [1.165, 1.54) is 50.6 Å². The Morgan fingerprint density at radius 3 is 2.18 bits per heavy atom. The summed E-state index contributed by atoms with van der Waals surface area (Å²) in [6.07, 6.45) is 11.0. The first-order chi connectivity index (χ1) is 16.3. The maximum absolute atomic E-state index is 10.2. The molecule has 3 heteroatoms. The summed E-state index contributed by atoms with van der Waals surface area (Å²) in [6, 6.07) is 17.2. The fourth-order valence-corrected chi connectivity index (χ4v) is 4.69. The molecule has 1 heterocycles. The molecular weight excluding hydrogens is 436 g/mol. The summed E-state index contributed by atoms with van der Waals surface area (Å²) in [6.45, 7) is 11.9. The van der Waals surface area contributed by atoms with Crippen LogP contribution in [0.3, 0.4) is 0 Å². The molecule has 5 rings (SSSR count). The van der Waals surface area contributed by atoms with Gasteiger partial charge in [0, 0.05) is 15.5 Å². The molecule has 2 nitrogen and oxygen atoms in total. The number of hydrogen-bond donors (Lipinski definition) is 0. The maximum atomic E-state index is 10.2. The number of aryl methyl sites for hydroxylation is 3. The number of carbonyl (C=O) groups is 2. The van der Waals surface area contributed by atoms with Crippen LogP contribution in [0.1, 0.15) is 61.6 Å². The lowest BCUT2D eigenvalue weighted by Gasteiger charge is -2.11. The molecule has 2 aliphatic rings. The van der Waals surface area contributed by atoms with Crippen molar-refractivity contribution in [3.63, 3.8) is 0 Å². The Kier molecular flexibility index (Phi) is 11.2. The minimum Gasteiger partial charge on any atom is -0.304 e. The second-order valence-electron chi connectivity index (χ2n) is 9.00. The van der Waals surface area contributed by atoms with Crippen LogP contribution < -0.4 is 0 Å². The Morgan fingerprint density at radius 1 is 1.03 bits per heavy atom. The fraction of sp³-hybridized carbons (Fsp3) is 0.355. The standard InChI is InChI=1S/C13H14.C11H12S.C5H8O.C2H4O/c1-11-7-9-13(10-8-11)12-5-3-2-4-6-12;1-7-4-5-10-8(2)9(3)12-11(10)6-7;1-4(6)5-2-3-5;1-2-3/h2-7,9-11H,8H2,1H3;4-6H,1-3H3;5H,2-3H2,1H3;2H,1H3. The van der Waals surface area contributed by atoms with Crippen LogP contribution in [-0.4, -0.2) is 12.1 Å². The number of hydrogen-bond acceptors (Lipinski definition) is 3. The van der Waals surface area contributed by atoms with Gasteiger partial charge in [0.25, 0.3) is 0 Å². The first-order valence-corrected chi connectivity index (χ1v) is 12.9. The average Bonchev–Trinajstić information content (AvgIpc) is 3.63. The van der Waals surface area contributed by atoms with E-state index in [9.17, 15) is 4.79 Å². The van der Waals surface area contributed by atoms with E-state index >= 15 is 0 Å². The smallest absolute Gasteiger partial charge is 0.132 e.